The van der Waals surface area contributed by atoms with Gasteiger partial charge in [0.1, 0.15) is 5.82 Å². The zero-order valence-electron chi connectivity index (χ0n) is 11.4. The Morgan fingerprint density at radius 1 is 1.28 bits per heavy atom. The van der Waals surface area contributed by atoms with Crippen molar-refractivity contribution in [1.29, 1.82) is 0 Å². The summed E-state index contributed by atoms with van der Waals surface area (Å²) >= 11 is 0. The van der Waals surface area contributed by atoms with Gasteiger partial charge in [0.05, 0.1) is 6.54 Å². The first-order valence-electron chi connectivity index (χ1n) is 6.54. The fraction of sp³-hybridized carbons (Fsp3) is 0.769. The van der Waals surface area contributed by atoms with Gasteiger partial charge in [-0.2, -0.15) is 8.78 Å². The van der Waals surface area contributed by atoms with Crippen molar-refractivity contribution in [3.05, 3.63) is 18.2 Å². The summed E-state index contributed by atoms with van der Waals surface area (Å²) in [4.78, 5) is 3.94. The van der Waals surface area contributed by atoms with Crippen LogP contribution in [-0.4, -0.2) is 15.6 Å². The Labute approximate surface area is 108 Å². The summed E-state index contributed by atoms with van der Waals surface area (Å²) in [5, 5.41) is 3.24. The highest BCUT2D eigenvalue weighted by atomic mass is 19.3. The molecule has 0 saturated heterocycles. The van der Waals surface area contributed by atoms with Gasteiger partial charge in [0.25, 0.3) is 0 Å². The van der Waals surface area contributed by atoms with Crippen LogP contribution in [0.15, 0.2) is 12.4 Å². The average molecular weight is 259 g/mol. The minimum Gasteiger partial charge on any atom is -0.307 e. The van der Waals surface area contributed by atoms with E-state index in [2.05, 4.69) is 31.1 Å². The zero-order valence-corrected chi connectivity index (χ0v) is 11.4. The summed E-state index contributed by atoms with van der Waals surface area (Å²) < 4.78 is 26.0. The Balaban J connectivity index is 2.29. The van der Waals surface area contributed by atoms with Crippen LogP contribution < -0.4 is 5.32 Å². The third kappa shape index (κ3) is 5.12. The van der Waals surface area contributed by atoms with E-state index in [1.807, 2.05) is 0 Å². The lowest BCUT2D eigenvalue weighted by molar-refractivity contribution is 0.0664. The smallest absolute Gasteiger partial charge is 0.307 e. The lowest BCUT2D eigenvalue weighted by Gasteiger charge is -2.15. The molecule has 18 heavy (non-hydrogen) atoms. The molecule has 0 aliphatic rings. The van der Waals surface area contributed by atoms with E-state index in [1.165, 1.54) is 18.8 Å². The summed E-state index contributed by atoms with van der Waals surface area (Å²) in [5.74, 6) is 1.11. The van der Waals surface area contributed by atoms with Crippen LogP contribution in [0.25, 0.3) is 0 Å². The van der Waals surface area contributed by atoms with Gasteiger partial charge in [-0.15, -0.1) is 0 Å². The second kappa shape index (κ2) is 7.46. The zero-order chi connectivity index (χ0) is 13.5. The summed E-state index contributed by atoms with van der Waals surface area (Å²) in [6.45, 7) is 4.37. The Hall–Kier alpha value is -0.970. The molecule has 104 valence electrons. The van der Waals surface area contributed by atoms with Gasteiger partial charge in [0.2, 0.25) is 0 Å². The van der Waals surface area contributed by atoms with Crippen LogP contribution in [0.4, 0.5) is 8.78 Å². The van der Waals surface area contributed by atoms with E-state index in [4.69, 9.17) is 0 Å². The molecule has 0 aliphatic heterocycles. The van der Waals surface area contributed by atoms with E-state index >= 15 is 0 Å². The Bertz CT molecular complexity index is 337. The Morgan fingerprint density at radius 3 is 2.61 bits per heavy atom. The molecule has 0 aliphatic carbocycles. The van der Waals surface area contributed by atoms with Crippen molar-refractivity contribution >= 4 is 0 Å². The summed E-state index contributed by atoms with van der Waals surface area (Å²) in [7, 11) is 0. The number of imidazole rings is 1. The molecule has 0 radical (unpaired) electrons. The van der Waals surface area contributed by atoms with Gasteiger partial charge in [0.15, 0.2) is 0 Å². The number of nitrogens with one attached hydrogen (secondary N) is 1. The first kappa shape index (κ1) is 15.1. The van der Waals surface area contributed by atoms with Gasteiger partial charge < -0.3 is 5.32 Å². The molecule has 1 heterocycles. The fourth-order valence-electron chi connectivity index (χ4n) is 1.86. The number of hydrogen-bond acceptors (Lipinski definition) is 2. The molecule has 3 nitrogen and oxygen atoms in total. The molecule has 0 saturated carbocycles. The van der Waals surface area contributed by atoms with Crippen LogP contribution in [-0.2, 0) is 6.54 Å². The molecular weight excluding hydrogens is 236 g/mol. The topological polar surface area (TPSA) is 29.9 Å². The maximum Gasteiger partial charge on any atom is 0.319 e. The molecule has 0 aromatic carbocycles. The van der Waals surface area contributed by atoms with Crippen molar-refractivity contribution in [2.24, 2.45) is 5.92 Å². The lowest BCUT2D eigenvalue weighted by atomic mass is 10.0. The molecule has 0 spiro atoms. The fourth-order valence-corrected chi connectivity index (χ4v) is 1.86. The van der Waals surface area contributed by atoms with E-state index in [9.17, 15) is 8.78 Å². The van der Waals surface area contributed by atoms with Gasteiger partial charge in [0, 0.05) is 18.4 Å². The second-order valence-electron chi connectivity index (χ2n) is 5.14. The average Bonchev–Trinajstić information content (AvgIpc) is 2.74. The van der Waals surface area contributed by atoms with Gasteiger partial charge in [-0.25, -0.2) is 4.98 Å². The van der Waals surface area contributed by atoms with Crippen molar-refractivity contribution in [3.8, 4) is 0 Å². The minimum atomic E-state index is -2.51. The molecular formula is C13H23F2N3. The predicted molar refractivity (Wildman–Crippen MR) is 68.5 cm³/mol. The van der Waals surface area contributed by atoms with Crippen LogP contribution in [0, 0.1) is 5.92 Å². The Kier molecular flexibility index (Phi) is 6.25. The SMILES string of the molecule is CC(C)CCCC(C)NCc1nccn1C(F)F. The molecule has 1 unspecified atom stereocenters. The number of nitrogens with zero attached hydrogens (tertiary/aromatic N) is 2. The van der Waals surface area contributed by atoms with E-state index in [1.54, 1.807) is 0 Å². The molecule has 1 aromatic heterocycles. The highest BCUT2D eigenvalue weighted by molar-refractivity contribution is 4.92. The highest BCUT2D eigenvalue weighted by Gasteiger charge is 2.11. The molecule has 0 bridgehead atoms. The molecule has 5 heteroatoms. The second-order valence-corrected chi connectivity index (χ2v) is 5.14. The van der Waals surface area contributed by atoms with Crippen molar-refractivity contribution in [2.45, 2.75) is 59.2 Å². The molecule has 1 atom stereocenters. The maximum atomic E-state index is 12.6. The molecule has 0 fully saturated rings. The van der Waals surface area contributed by atoms with Crippen LogP contribution in [0.2, 0.25) is 0 Å². The van der Waals surface area contributed by atoms with Crippen LogP contribution in [0.1, 0.15) is 52.4 Å². The Morgan fingerprint density at radius 2 is 2.00 bits per heavy atom. The third-order valence-electron chi connectivity index (χ3n) is 2.99. The number of aromatic nitrogens is 2. The van der Waals surface area contributed by atoms with Gasteiger partial charge >= 0.3 is 6.55 Å². The van der Waals surface area contributed by atoms with Crippen molar-refractivity contribution in [3.63, 3.8) is 0 Å². The molecule has 1 N–H and O–H groups in total. The van der Waals surface area contributed by atoms with Gasteiger partial charge in [-0.3, -0.25) is 4.57 Å². The molecule has 0 amide bonds. The van der Waals surface area contributed by atoms with Gasteiger partial charge in [-0.05, 0) is 19.3 Å². The number of hydrogen-bond donors (Lipinski definition) is 1. The summed E-state index contributed by atoms with van der Waals surface area (Å²) in [5.41, 5.74) is 0. The normalized spacial score (nSPS) is 13.5. The predicted octanol–water partition coefficient (Wildman–Crippen LogP) is 3.58. The van der Waals surface area contributed by atoms with Crippen molar-refractivity contribution < 1.29 is 8.78 Å². The van der Waals surface area contributed by atoms with Crippen molar-refractivity contribution in [2.75, 3.05) is 0 Å². The monoisotopic (exact) mass is 259 g/mol. The quantitative estimate of drug-likeness (QED) is 0.773. The van der Waals surface area contributed by atoms with E-state index in [0.717, 1.165) is 23.3 Å². The van der Waals surface area contributed by atoms with Crippen LogP contribution in [0.5, 0.6) is 0 Å². The first-order chi connectivity index (χ1) is 8.50. The maximum absolute atomic E-state index is 12.6. The number of alkyl halides is 2. The third-order valence-corrected chi connectivity index (χ3v) is 2.99. The number of rotatable bonds is 8. The molecule has 1 rings (SSSR count). The van der Waals surface area contributed by atoms with Gasteiger partial charge in [-0.1, -0.05) is 26.7 Å². The first-order valence-corrected chi connectivity index (χ1v) is 6.54. The van der Waals surface area contributed by atoms with Crippen LogP contribution >= 0.6 is 0 Å². The molecule has 1 aromatic rings. The lowest BCUT2D eigenvalue weighted by Crippen LogP contribution is -2.27. The number of halogens is 2. The summed E-state index contributed by atoms with van der Waals surface area (Å²) in [6, 6.07) is 0.326. The van der Waals surface area contributed by atoms with E-state index in [-0.39, 0.29) is 0 Å². The highest BCUT2D eigenvalue weighted by Crippen LogP contribution is 2.13. The largest absolute Gasteiger partial charge is 0.319 e. The minimum absolute atomic E-state index is 0.326. The van der Waals surface area contributed by atoms with E-state index in [0.29, 0.717) is 18.4 Å². The van der Waals surface area contributed by atoms with Crippen LogP contribution in [0.3, 0.4) is 0 Å². The van der Waals surface area contributed by atoms with E-state index < -0.39 is 6.55 Å². The van der Waals surface area contributed by atoms with Crippen molar-refractivity contribution in [1.82, 2.24) is 14.9 Å². The summed E-state index contributed by atoms with van der Waals surface area (Å²) in [6.07, 6.45) is 6.15. The standard InChI is InChI=1S/C13H23F2N3/c1-10(2)5-4-6-11(3)17-9-12-16-7-8-18(12)13(14)15/h7-8,10-11,13,17H,4-6,9H2,1-3H3.